The predicted octanol–water partition coefficient (Wildman–Crippen LogP) is 2.20. The number of aromatic nitrogens is 1. The SMILES string of the molecule is Cc1cc(C(Cc2cccs2)NN)ccn1. The zero-order valence-electron chi connectivity index (χ0n) is 9.18. The summed E-state index contributed by atoms with van der Waals surface area (Å²) in [7, 11) is 0. The number of nitrogens with zero attached hydrogens (tertiary/aromatic N) is 1. The highest BCUT2D eigenvalue weighted by Gasteiger charge is 2.11. The van der Waals surface area contributed by atoms with E-state index in [4.69, 9.17) is 5.84 Å². The van der Waals surface area contributed by atoms with E-state index in [2.05, 4.69) is 34.0 Å². The van der Waals surface area contributed by atoms with Crippen molar-refractivity contribution in [2.24, 2.45) is 5.84 Å². The van der Waals surface area contributed by atoms with E-state index >= 15 is 0 Å². The summed E-state index contributed by atoms with van der Waals surface area (Å²) in [5, 5.41) is 2.08. The molecule has 3 N–H and O–H groups in total. The maximum atomic E-state index is 5.61. The molecule has 0 aromatic carbocycles. The van der Waals surface area contributed by atoms with Crippen LogP contribution in [0.2, 0.25) is 0 Å². The molecule has 0 saturated carbocycles. The van der Waals surface area contributed by atoms with Crippen LogP contribution in [0.15, 0.2) is 35.8 Å². The van der Waals surface area contributed by atoms with Gasteiger partial charge in [0.15, 0.2) is 0 Å². The van der Waals surface area contributed by atoms with Crippen molar-refractivity contribution in [3.8, 4) is 0 Å². The van der Waals surface area contributed by atoms with Crippen molar-refractivity contribution < 1.29 is 0 Å². The van der Waals surface area contributed by atoms with Gasteiger partial charge in [-0.1, -0.05) is 6.07 Å². The number of nitrogens with one attached hydrogen (secondary N) is 1. The molecule has 84 valence electrons. The van der Waals surface area contributed by atoms with Crippen molar-refractivity contribution in [2.45, 2.75) is 19.4 Å². The second kappa shape index (κ2) is 5.21. The molecule has 1 atom stereocenters. The molecule has 0 aliphatic carbocycles. The average Bonchev–Trinajstić information content (AvgIpc) is 2.78. The van der Waals surface area contributed by atoms with Crippen LogP contribution in [-0.4, -0.2) is 4.98 Å². The van der Waals surface area contributed by atoms with Crippen LogP contribution in [0.3, 0.4) is 0 Å². The van der Waals surface area contributed by atoms with Crippen molar-refractivity contribution in [3.63, 3.8) is 0 Å². The van der Waals surface area contributed by atoms with Crippen LogP contribution in [0.5, 0.6) is 0 Å². The Balaban J connectivity index is 2.16. The maximum absolute atomic E-state index is 5.61. The van der Waals surface area contributed by atoms with Gasteiger partial charge < -0.3 is 0 Å². The number of rotatable bonds is 4. The molecule has 0 radical (unpaired) electrons. The zero-order chi connectivity index (χ0) is 11.4. The van der Waals surface area contributed by atoms with Crippen molar-refractivity contribution in [1.82, 2.24) is 10.4 Å². The maximum Gasteiger partial charge on any atom is 0.0509 e. The minimum absolute atomic E-state index is 0.153. The van der Waals surface area contributed by atoms with Gasteiger partial charge >= 0.3 is 0 Å². The van der Waals surface area contributed by atoms with E-state index < -0.39 is 0 Å². The Bertz CT molecular complexity index is 439. The monoisotopic (exact) mass is 233 g/mol. The summed E-state index contributed by atoms with van der Waals surface area (Å²) < 4.78 is 0. The molecule has 2 rings (SSSR count). The van der Waals surface area contributed by atoms with Gasteiger partial charge in [0, 0.05) is 23.2 Å². The highest BCUT2D eigenvalue weighted by molar-refractivity contribution is 7.09. The number of aryl methyl sites for hydroxylation is 1. The number of pyridine rings is 1. The first-order valence-electron chi connectivity index (χ1n) is 5.20. The summed E-state index contributed by atoms with van der Waals surface area (Å²) in [4.78, 5) is 5.52. The molecule has 2 aromatic heterocycles. The van der Waals surface area contributed by atoms with Crippen molar-refractivity contribution in [2.75, 3.05) is 0 Å². The van der Waals surface area contributed by atoms with Gasteiger partial charge in [0.2, 0.25) is 0 Å². The first kappa shape index (κ1) is 11.3. The van der Waals surface area contributed by atoms with Gasteiger partial charge in [-0.25, -0.2) is 0 Å². The molecule has 0 spiro atoms. The normalized spacial score (nSPS) is 12.6. The highest BCUT2D eigenvalue weighted by Crippen LogP contribution is 2.20. The molecule has 3 nitrogen and oxygen atoms in total. The molecule has 4 heteroatoms. The third kappa shape index (κ3) is 2.66. The zero-order valence-corrected chi connectivity index (χ0v) is 10.00. The molecule has 2 heterocycles. The Morgan fingerprint density at radius 2 is 2.38 bits per heavy atom. The second-order valence-corrected chi connectivity index (χ2v) is 4.77. The van der Waals surface area contributed by atoms with Crippen molar-refractivity contribution in [1.29, 1.82) is 0 Å². The molecule has 1 unspecified atom stereocenters. The molecule has 16 heavy (non-hydrogen) atoms. The lowest BCUT2D eigenvalue weighted by Crippen LogP contribution is -2.29. The fourth-order valence-corrected chi connectivity index (χ4v) is 2.44. The van der Waals surface area contributed by atoms with E-state index in [1.807, 2.05) is 19.2 Å². The van der Waals surface area contributed by atoms with Gasteiger partial charge in [-0.15, -0.1) is 11.3 Å². The van der Waals surface area contributed by atoms with Gasteiger partial charge in [-0.2, -0.15) is 0 Å². The van der Waals surface area contributed by atoms with Gasteiger partial charge in [0.1, 0.15) is 0 Å². The molecule has 0 fully saturated rings. The minimum Gasteiger partial charge on any atom is -0.271 e. The minimum atomic E-state index is 0.153. The first-order valence-corrected chi connectivity index (χ1v) is 6.08. The third-order valence-electron chi connectivity index (χ3n) is 2.51. The highest BCUT2D eigenvalue weighted by atomic mass is 32.1. The number of nitrogens with two attached hydrogens (primary N) is 1. The summed E-state index contributed by atoms with van der Waals surface area (Å²) in [6.45, 7) is 1.99. The Kier molecular flexibility index (Phi) is 3.66. The predicted molar refractivity (Wildman–Crippen MR) is 67.1 cm³/mol. The van der Waals surface area contributed by atoms with Crippen molar-refractivity contribution in [3.05, 3.63) is 52.0 Å². The Labute approximate surface area is 99.3 Å². The quantitative estimate of drug-likeness (QED) is 0.629. The van der Waals surface area contributed by atoms with E-state index in [-0.39, 0.29) is 6.04 Å². The average molecular weight is 233 g/mol. The van der Waals surface area contributed by atoms with Crippen LogP contribution < -0.4 is 11.3 Å². The number of hydrogen-bond donors (Lipinski definition) is 2. The fourth-order valence-electron chi connectivity index (χ4n) is 1.69. The van der Waals surface area contributed by atoms with E-state index in [0.717, 1.165) is 12.1 Å². The molecule has 0 aliphatic rings. The lowest BCUT2D eigenvalue weighted by atomic mass is 10.0. The second-order valence-electron chi connectivity index (χ2n) is 3.73. The van der Waals surface area contributed by atoms with Gasteiger partial charge in [-0.3, -0.25) is 16.3 Å². The van der Waals surface area contributed by atoms with E-state index in [9.17, 15) is 0 Å². The number of hydrogen-bond acceptors (Lipinski definition) is 4. The lowest BCUT2D eigenvalue weighted by Gasteiger charge is -2.15. The summed E-state index contributed by atoms with van der Waals surface area (Å²) >= 11 is 1.75. The summed E-state index contributed by atoms with van der Waals surface area (Å²) in [5.74, 6) is 5.61. The lowest BCUT2D eigenvalue weighted by molar-refractivity contribution is 0.554. The van der Waals surface area contributed by atoms with E-state index in [1.54, 1.807) is 11.3 Å². The van der Waals surface area contributed by atoms with Crippen LogP contribution >= 0.6 is 11.3 Å². The van der Waals surface area contributed by atoms with E-state index in [1.165, 1.54) is 10.4 Å². The third-order valence-corrected chi connectivity index (χ3v) is 3.41. The van der Waals surface area contributed by atoms with E-state index in [0.29, 0.717) is 0 Å². The molecule has 0 bridgehead atoms. The first-order chi connectivity index (χ1) is 7.79. The number of hydrazine groups is 1. The summed E-state index contributed by atoms with van der Waals surface area (Å²) in [5.41, 5.74) is 5.06. The summed E-state index contributed by atoms with van der Waals surface area (Å²) in [6, 6.07) is 8.41. The molecule has 0 aliphatic heterocycles. The smallest absolute Gasteiger partial charge is 0.0509 e. The molecule has 0 amide bonds. The Hall–Kier alpha value is -1.23. The standard InChI is InChI=1S/C12H15N3S/c1-9-7-10(4-5-14-9)12(15-13)8-11-3-2-6-16-11/h2-7,12,15H,8,13H2,1H3. The fraction of sp³-hybridized carbons (Fsp3) is 0.250. The Morgan fingerprint density at radius 3 is 3.00 bits per heavy atom. The van der Waals surface area contributed by atoms with Gasteiger partial charge in [0.05, 0.1) is 6.04 Å². The van der Waals surface area contributed by atoms with Crippen LogP contribution in [0, 0.1) is 6.92 Å². The largest absolute Gasteiger partial charge is 0.271 e. The molecular formula is C12H15N3S. The summed E-state index contributed by atoms with van der Waals surface area (Å²) in [6.07, 6.45) is 2.74. The molecule has 0 saturated heterocycles. The Morgan fingerprint density at radius 1 is 1.50 bits per heavy atom. The number of thiophene rings is 1. The van der Waals surface area contributed by atoms with Gasteiger partial charge in [0.25, 0.3) is 0 Å². The van der Waals surface area contributed by atoms with Crippen molar-refractivity contribution >= 4 is 11.3 Å². The molecule has 2 aromatic rings. The van der Waals surface area contributed by atoms with Crippen LogP contribution in [0.1, 0.15) is 22.2 Å². The topological polar surface area (TPSA) is 50.9 Å². The van der Waals surface area contributed by atoms with Crippen LogP contribution in [0.4, 0.5) is 0 Å². The van der Waals surface area contributed by atoms with Crippen LogP contribution in [-0.2, 0) is 6.42 Å². The van der Waals surface area contributed by atoms with Crippen LogP contribution in [0.25, 0.3) is 0 Å². The van der Waals surface area contributed by atoms with Gasteiger partial charge in [-0.05, 0) is 36.1 Å². The molecular weight excluding hydrogens is 218 g/mol.